The monoisotopic (exact) mass is 334 g/mol. The Kier molecular flexibility index (Phi) is 4.84. The predicted molar refractivity (Wildman–Crippen MR) is 102 cm³/mol. The number of rotatable bonds is 4. The third kappa shape index (κ3) is 3.47. The number of carbonyl (C=O) groups excluding carboxylic acids is 1. The summed E-state index contributed by atoms with van der Waals surface area (Å²) in [5.74, 6) is 0.104. The molecule has 1 unspecified atom stereocenters. The SMILES string of the molecule is O=C(Nc1cccc2c1CCCC2)C(c1ccccc1)N1CCCC1. The van der Waals surface area contributed by atoms with Gasteiger partial charge in [0.1, 0.15) is 6.04 Å². The van der Waals surface area contributed by atoms with Crippen molar-refractivity contribution >= 4 is 11.6 Å². The maximum Gasteiger partial charge on any atom is 0.246 e. The largest absolute Gasteiger partial charge is 0.324 e. The third-order valence-corrected chi connectivity index (χ3v) is 5.52. The predicted octanol–water partition coefficient (Wildman–Crippen LogP) is 4.34. The molecule has 2 aliphatic rings. The summed E-state index contributed by atoms with van der Waals surface area (Å²) in [5.41, 5.74) is 4.85. The summed E-state index contributed by atoms with van der Waals surface area (Å²) in [6, 6.07) is 16.4. The first kappa shape index (κ1) is 16.3. The second-order valence-corrected chi connectivity index (χ2v) is 7.20. The van der Waals surface area contributed by atoms with Crippen LogP contribution in [0.2, 0.25) is 0 Å². The molecule has 1 N–H and O–H groups in total. The lowest BCUT2D eigenvalue weighted by Gasteiger charge is -2.28. The Balaban J connectivity index is 1.61. The Hall–Kier alpha value is -2.13. The van der Waals surface area contributed by atoms with Crippen LogP contribution in [-0.2, 0) is 17.6 Å². The number of nitrogens with one attached hydrogen (secondary N) is 1. The van der Waals surface area contributed by atoms with Gasteiger partial charge in [-0.3, -0.25) is 9.69 Å². The van der Waals surface area contributed by atoms with Crippen LogP contribution in [0.25, 0.3) is 0 Å². The molecule has 1 amide bonds. The minimum Gasteiger partial charge on any atom is -0.324 e. The molecule has 25 heavy (non-hydrogen) atoms. The van der Waals surface area contributed by atoms with Gasteiger partial charge in [-0.05, 0) is 74.4 Å². The van der Waals surface area contributed by atoms with Crippen molar-refractivity contribution in [3.63, 3.8) is 0 Å². The molecule has 0 bridgehead atoms. The van der Waals surface area contributed by atoms with Crippen LogP contribution in [0, 0.1) is 0 Å². The Labute approximate surface area is 150 Å². The quantitative estimate of drug-likeness (QED) is 0.902. The molecule has 3 heteroatoms. The highest BCUT2D eigenvalue weighted by atomic mass is 16.2. The summed E-state index contributed by atoms with van der Waals surface area (Å²) in [6.07, 6.45) is 7.03. The highest BCUT2D eigenvalue weighted by molar-refractivity contribution is 5.96. The van der Waals surface area contributed by atoms with Gasteiger partial charge in [0.2, 0.25) is 5.91 Å². The summed E-state index contributed by atoms with van der Waals surface area (Å²) < 4.78 is 0. The van der Waals surface area contributed by atoms with Gasteiger partial charge < -0.3 is 5.32 Å². The molecule has 1 heterocycles. The van der Waals surface area contributed by atoms with E-state index in [2.05, 4.69) is 40.5 Å². The number of nitrogens with zero attached hydrogens (tertiary/aromatic N) is 1. The molecule has 1 fully saturated rings. The van der Waals surface area contributed by atoms with E-state index in [9.17, 15) is 4.79 Å². The molecule has 0 radical (unpaired) electrons. The van der Waals surface area contributed by atoms with Gasteiger partial charge >= 0.3 is 0 Å². The van der Waals surface area contributed by atoms with E-state index in [-0.39, 0.29) is 11.9 Å². The van der Waals surface area contributed by atoms with E-state index in [0.717, 1.165) is 37.2 Å². The highest BCUT2D eigenvalue weighted by Crippen LogP contribution is 2.30. The van der Waals surface area contributed by atoms with Crippen molar-refractivity contribution in [1.82, 2.24) is 4.90 Å². The summed E-state index contributed by atoms with van der Waals surface area (Å²) in [7, 11) is 0. The van der Waals surface area contributed by atoms with Crippen molar-refractivity contribution in [2.24, 2.45) is 0 Å². The van der Waals surface area contributed by atoms with Crippen molar-refractivity contribution in [3.05, 3.63) is 65.2 Å². The average Bonchev–Trinajstić information content (AvgIpc) is 3.17. The van der Waals surface area contributed by atoms with Crippen molar-refractivity contribution in [2.45, 2.75) is 44.6 Å². The van der Waals surface area contributed by atoms with Gasteiger partial charge in [0.05, 0.1) is 0 Å². The van der Waals surface area contributed by atoms with E-state index in [0.29, 0.717) is 0 Å². The number of benzene rings is 2. The molecule has 1 atom stereocenters. The summed E-state index contributed by atoms with van der Waals surface area (Å²) in [5, 5.41) is 3.26. The molecule has 0 aromatic heterocycles. The van der Waals surface area contributed by atoms with Crippen LogP contribution in [0.5, 0.6) is 0 Å². The van der Waals surface area contributed by atoms with Gasteiger partial charge in [-0.15, -0.1) is 0 Å². The van der Waals surface area contributed by atoms with E-state index in [1.165, 1.54) is 36.8 Å². The van der Waals surface area contributed by atoms with Crippen LogP contribution in [0.15, 0.2) is 48.5 Å². The molecule has 2 aromatic rings. The Bertz CT molecular complexity index is 735. The van der Waals surface area contributed by atoms with Gasteiger partial charge in [-0.25, -0.2) is 0 Å². The van der Waals surface area contributed by atoms with Gasteiger partial charge in [0, 0.05) is 5.69 Å². The number of fused-ring (bicyclic) bond motifs is 1. The number of hydrogen-bond donors (Lipinski definition) is 1. The minimum atomic E-state index is -0.192. The fourth-order valence-electron chi connectivity index (χ4n) is 4.26. The second kappa shape index (κ2) is 7.40. The fourth-order valence-corrected chi connectivity index (χ4v) is 4.26. The number of likely N-dealkylation sites (tertiary alicyclic amines) is 1. The molecule has 4 rings (SSSR count). The number of carbonyl (C=O) groups is 1. The van der Waals surface area contributed by atoms with Gasteiger partial charge in [0.15, 0.2) is 0 Å². The van der Waals surface area contributed by atoms with E-state index in [4.69, 9.17) is 0 Å². The first-order chi connectivity index (χ1) is 12.3. The minimum absolute atomic E-state index is 0.104. The Morgan fingerprint density at radius 2 is 1.64 bits per heavy atom. The standard InChI is InChI=1S/C22H26N2O/c25-22(23-20-14-8-12-17-9-4-5-13-19(17)20)21(24-15-6-7-16-24)18-10-2-1-3-11-18/h1-3,8,10-12,14,21H,4-7,9,13,15-16H2,(H,23,25). The van der Waals surface area contributed by atoms with E-state index in [1.807, 2.05) is 18.2 Å². The van der Waals surface area contributed by atoms with Crippen molar-refractivity contribution in [1.29, 1.82) is 0 Å². The zero-order chi connectivity index (χ0) is 17.1. The summed E-state index contributed by atoms with van der Waals surface area (Å²) in [4.78, 5) is 15.6. The number of aryl methyl sites for hydroxylation is 1. The van der Waals surface area contributed by atoms with Gasteiger partial charge in [0.25, 0.3) is 0 Å². The average molecular weight is 334 g/mol. The van der Waals surface area contributed by atoms with Crippen LogP contribution in [-0.4, -0.2) is 23.9 Å². The maximum absolute atomic E-state index is 13.2. The smallest absolute Gasteiger partial charge is 0.246 e. The lowest BCUT2D eigenvalue weighted by atomic mass is 9.90. The van der Waals surface area contributed by atoms with Crippen LogP contribution in [0.3, 0.4) is 0 Å². The van der Waals surface area contributed by atoms with Crippen LogP contribution >= 0.6 is 0 Å². The molecule has 0 spiro atoms. The molecule has 2 aromatic carbocycles. The van der Waals surface area contributed by atoms with E-state index in [1.54, 1.807) is 0 Å². The molecular weight excluding hydrogens is 308 g/mol. The Morgan fingerprint density at radius 1 is 0.880 bits per heavy atom. The maximum atomic E-state index is 13.2. The fraction of sp³-hybridized carbons (Fsp3) is 0.409. The third-order valence-electron chi connectivity index (χ3n) is 5.52. The number of hydrogen-bond acceptors (Lipinski definition) is 2. The van der Waals surface area contributed by atoms with Crippen LogP contribution in [0.4, 0.5) is 5.69 Å². The molecule has 3 nitrogen and oxygen atoms in total. The molecule has 1 aliphatic heterocycles. The molecule has 130 valence electrons. The van der Waals surface area contributed by atoms with Gasteiger partial charge in [-0.1, -0.05) is 42.5 Å². The van der Waals surface area contributed by atoms with Crippen molar-refractivity contribution in [2.75, 3.05) is 18.4 Å². The zero-order valence-electron chi connectivity index (χ0n) is 14.7. The first-order valence-electron chi connectivity index (χ1n) is 9.53. The normalized spacial score (nSPS) is 18.6. The van der Waals surface area contributed by atoms with Crippen molar-refractivity contribution < 1.29 is 4.79 Å². The topological polar surface area (TPSA) is 32.3 Å². The van der Waals surface area contributed by atoms with Gasteiger partial charge in [-0.2, -0.15) is 0 Å². The number of amides is 1. The van der Waals surface area contributed by atoms with E-state index < -0.39 is 0 Å². The summed E-state index contributed by atoms with van der Waals surface area (Å²) >= 11 is 0. The molecule has 1 aliphatic carbocycles. The Morgan fingerprint density at radius 3 is 2.44 bits per heavy atom. The van der Waals surface area contributed by atoms with E-state index >= 15 is 0 Å². The zero-order valence-corrected chi connectivity index (χ0v) is 14.7. The highest BCUT2D eigenvalue weighted by Gasteiger charge is 2.30. The molecular formula is C22H26N2O. The number of anilines is 1. The van der Waals surface area contributed by atoms with Crippen LogP contribution in [0.1, 0.15) is 48.4 Å². The lowest BCUT2D eigenvalue weighted by molar-refractivity contribution is -0.121. The van der Waals surface area contributed by atoms with Crippen LogP contribution < -0.4 is 5.32 Å². The molecule has 1 saturated heterocycles. The lowest BCUT2D eigenvalue weighted by Crippen LogP contribution is -2.35. The molecule has 0 saturated carbocycles. The second-order valence-electron chi connectivity index (χ2n) is 7.20. The van der Waals surface area contributed by atoms with Crippen molar-refractivity contribution in [3.8, 4) is 0 Å². The summed E-state index contributed by atoms with van der Waals surface area (Å²) in [6.45, 7) is 2.00. The first-order valence-corrected chi connectivity index (χ1v) is 9.53.